The Kier molecular flexibility index (Phi) is 4.16. The number of aryl methyl sites for hydroxylation is 1. The van der Waals surface area contributed by atoms with E-state index in [2.05, 4.69) is 34.2 Å². The number of pyridine rings is 2. The molecule has 124 valence electrons. The largest absolute Gasteiger partial charge is 0.366 e. The minimum atomic E-state index is -0.356. The summed E-state index contributed by atoms with van der Waals surface area (Å²) < 4.78 is 1.83. The van der Waals surface area contributed by atoms with Crippen molar-refractivity contribution in [3.05, 3.63) is 52.2 Å². The van der Waals surface area contributed by atoms with Gasteiger partial charge in [0.05, 0.1) is 23.2 Å². The van der Waals surface area contributed by atoms with Crippen molar-refractivity contribution in [3.8, 4) is 0 Å². The number of aromatic nitrogens is 4. The van der Waals surface area contributed by atoms with Gasteiger partial charge in [0.2, 0.25) is 5.43 Å². The topological polar surface area (TPSA) is 92.7 Å². The molecular formula is C17H19N5O2. The fourth-order valence-electron chi connectivity index (χ4n) is 2.53. The Balaban J connectivity index is 2.06. The van der Waals surface area contributed by atoms with E-state index in [0.29, 0.717) is 16.6 Å². The van der Waals surface area contributed by atoms with Crippen LogP contribution in [0.2, 0.25) is 0 Å². The molecule has 24 heavy (non-hydrogen) atoms. The van der Waals surface area contributed by atoms with Crippen LogP contribution < -0.4 is 10.7 Å². The lowest BCUT2D eigenvalue weighted by Crippen LogP contribution is -2.18. The Morgan fingerprint density at radius 3 is 2.96 bits per heavy atom. The van der Waals surface area contributed by atoms with Gasteiger partial charge in [-0.25, -0.2) is 9.67 Å². The Labute approximate surface area is 138 Å². The Bertz CT molecular complexity index is 957. The van der Waals surface area contributed by atoms with E-state index in [0.717, 1.165) is 12.1 Å². The average Bonchev–Trinajstić information content (AvgIpc) is 2.99. The number of nitrogens with one attached hydrogen (secondary N) is 2. The van der Waals surface area contributed by atoms with E-state index >= 15 is 0 Å². The second kappa shape index (κ2) is 6.27. The summed E-state index contributed by atoms with van der Waals surface area (Å²) in [4.78, 5) is 31.8. The molecule has 0 bridgehead atoms. The molecule has 0 aliphatic carbocycles. The summed E-state index contributed by atoms with van der Waals surface area (Å²) in [5, 5.41) is 7.70. The van der Waals surface area contributed by atoms with Gasteiger partial charge in [-0.05, 0) is 26.3 Å². The maximum Gasteiger partial charge on any atom is 0.256 e. The van der Waals surface area contributed by atoms with Gasteiger partial charge in [-0.2, -0.15) is 5.10 Å². The van der Waals surface area contributed by atoms with E-state index < -0.39 is 0 Å². The predicted molar refractivity (Wildman–Crippen MR) is 92.3 cm³/mol. The zero-order valence-corrected chi connectivity index (χ0v) is 13.8. The second-order valence-corrected chi connectivity index (χ2v) is 5.77. The third kappa shape index (κ3) is 2.80. The van der Waals surface area contributed by atoms with Crippen LogP contribution in [-0.4, -0.2) is 25.7 Å². The molecule has 7 nitrogen and oxygen atoms in total. The van der Waals surface area contributed by atoms with Gasteiger partial charge in [0, 0.05) is 24.2 Å². The van der Waals surface area contributed by atoms with Gasteiger partial charge in [-0.3, -0.25) is 9.59 Å². The number of nitrogens with zero attached hydrogens (tertiary/aromatic N) is 3. The molecule has 0 aliphatic rings. The van der Waals surface area contributed by atoms with Gasteiger partial charge in [-0.1, -0.05) is 6.92 Å². The van der Waals surface area contributed by atoms with Crippen LogP contribution in [0.25, 0.3) is 11.0 Å². The molecule has 0 saturated heterocycles. The molecule has 7 heteroatoms. The minimum absolute atomic E-state index is 0.185. The van der Waals surface area contributed by atoms with Gasteiger partial charge in [0.1, 0.15) is 5.69 Å². The summed E-state index contributed by atoms with van der Waals surface area (Å²) in [6.07, 6.45) is 5.54. The molecule has 0 saturated carbocycles. The van der Waals surface area contributed by atoms with E-state index in [1.165, 1.54) is 18.5 Å². The third-order valence-corrected chi connectivity index (χ3v) is 4.02. The van der Waals surface area contributed by atoms with Crippen molar-refractivity contribution in [1.29, 1.82) is 0 Å². The number of H-pyrrole nitrogens is 1. The number of amides is 1. The van der Waals surface area contributed by atoms with Gasteiger partial charge >= 0.3 is 0 Å². The van der Waals surface area contributed by atoms with Crippen LogP contribution in [0.1, 0.15) is 42.4 Å². The number of rotatable bonds is 4. The first-order valence-corrected chi connectivity index (χ1v) is 7.84. The molecule has 0 aromatic carbocycles. The number of hydrogen-bond donors (Lipinski definition) is 2. The average molecular weight is 325 g/mol. The van der Waals surface area contributed by atoms with Crippen molar-refractivity contribution in [2.24, 2.45) is 0 Å². The standard InChI is InChI=1S/C17H19N5O2/c1-4-11(3)22-16-13(8-19-22)12(7-10(2)20-16)17(24)21-14-9-18-6-5-15(14)23/h5-9,11H,4H2,1-3H3,(H,18,23)(H,21,24)/t11-/m1/s1. The van der Waals surface area contributed by atoms with E-state index in [1.54, 1.807) is 12.3 Å². The van der Waals surface area contributed by atoms with Crippen molar-refractivity contribution in [2.45, 2.75) is 33.2 Å². The summed E-state index contributed by atoms with van der Waals surface area (Å²) >= 11 is 0. The molecular weight excluding hydrogens is 306 g/mol. The normalized spacial score (nSPS) is 12.3. The summed E-state index contributed by atoms with van der Waals surface area (Å²) in [6, 6.07) is 3.26. The van der Waals surface area contributed by atoms with Crippen molar-refractivity contribution in [3.63, 3.8) is 0 Å². The molecule has 3 aromatic rings. The fourth-order valence-corrected chi connectivity index (χ4v) is 2.53. The summed E-state index contributed by atoms with van der Waals surface area (Å²) in [7, 11) is 0. The molecule has 1 atom stereocenters. The molecule has 0 aliphatic heterocycles. The molecule has 1 amide bonds. The van der Waals surface area contributed by atoms with E-state index in [1.807, 2.05) is 11.6 Å². The monoisotopic (exact) mass is 325 g/mol. The van der Waals surface area contributed by atoms with Crippen molar-refractivity contribution < 1.29 is 4.79 Å². The van der Waals surface area contributed by atoms with Crippen molar-refractivity contribution >= 4 is 22.6 Å². The zero-order chi connectivity index (χ0) is 17.3. The van der Waals surface area contributed by atoms with Crippen LogP contribution in [0.3, 0.4) is 0 Å². The highest BCUT2D eigenvalue weighted by Crippen LogP contribution is 2.22. The third-order valence-electron chi connectivity index (χ3n) is 4.02. The molecule has 3 aromatic heterocycles. The maximum atomic E-state index is 12.7. The van der Waals surface area contributed by atoms with Crippen LogP contribution in [-0.2, 0) is 0 Å². The van der Waals surface area contributed by atoms with E-state index in [4.69, 9.17) is 0 Å². The number of anilines is 1. The lowest BCUT2D eigenvalue weighted by molar-refractivity contribution is 0.102. The highest BCUT2D eigenvalue weighted by molar-refractivity contribution is 6.11. The number of hydrogen-bond acceptors (Lipinski definition) is 4. The highest BCUT2D eigenvalue weighted by Gasteiger charge is 2.18. The SMILES string of the molecule is CC[C@@H](C)n1ncc2c(C(=O)Nc3c[nH]ccc3=O)cc(C)nc21. The van der Waals surface area contributed by atoms with Crippen LogP contribution in [0.5, 0.6) is 0 Å². The van der Waals surface area contributed by atoms with Crippen molar-refractivity contribution in [1.82, 2.24) is 19.7 Å². The summed E-state index contributed by atoms with van der Waals surface area (Å²) in [5.74, 6) is -0.356. The molecule has 3 rings (SSSR count). The number of carbonyl (C=O) groups excluding carboxylic acids is 1. The first kappa shape index (κ1) is 15.9. The Morgan fingerprint density at radius 1 is 1.46 bits per heavy atom. The van der Waals surface area contributed by atoms with Gasteiger partial charge < -0.3 is 10.3 Å². The number of aromatic amines is 1. The molecule has 2 N–H and O–H groups in total. The molecule has 0 radical (unpaired) electrons. The minimum Gasteiger partial charge on any atom is -0.366 e. The predicted octanol–water partition coefficient (Wildman–Crippen LogP) is 2.65. The Hall–Kier alpha value is -2.96. The summed E-state index contributed by atoms with van der Waals surface area (Å²) in [6.45, 7) is 5.96. The second-order valence-electron chi connectivity index (χ2n) is 5.77. The zero-order valence-electron chi connectivity index (χ0n) is 13.8. The fraction of sp³-hybridized carbons (Fsp3) is 0.294. The van der Waals surface area contributed by atoms with Crippen LogP contribution >= 0.6 is 0 Å². The number of fused-ring (bicyclic) bond motifs is 1. The lowest BCUT2D eigenvalue weighted by atomic mass is 10.1. The van der Waals surface area contributed by atoms with Gasteiger partial charge in [-0.15, -0.1) is 0 Å². The molecule has 0 spiro atoms. The quantitative estimate of drug-likeness (QED) is 0.771. The van der Waals surface area contributed by atoms with Gasteiger partial charge in [0.25, 0.3) is 5.91 Å². The van der Waals surface area contributed by atoms with Crippen LogP contribution in [0.4, 0.5) is 5.69 Å². The number of carbonyl (C=O) groups is 1. The van der Waals surface area contributed by atoms with Crippen LogP contribution in [0.15, 0.2) is 35.5 Å². The highest BCUT2D eigenvalue weighted by atomic mass is 16.2. The first-order chi connectivity index (χ1) is 11.5. The molecule has 0 fully saturated rings. The molecule has 3 heterocycles. The Morgan fingerprint density at radius 2 is 2.25 bits per heavy atom. The smallest absolute Gasteiger partial charge is 0.256 e. The van der Waals surface area contributed by atoms with E-state index in [-0.39, 0.29) is 23.1 Å². The maximum absolute atomic E-state index is 12.7. The first-order valence-electron chi connectivity index (χ1n) is 7.84. The van der Waals surface area contributed by atoms with Crippen molar-refractivity contribution in [2.75, 3.05) is 5.32 Å². The molecule has 0 unspecified atom stereocenters. The lowest BCUT2D eigenvalue weighted by Gasteiger charge is -2.11. The van der Waals surface area contributed by atoms with Crippen LogP contribution in [0, 0.1) is 6.92 Å². The summed E-state index contributed by atoms with van der Waals surface area (Å²) in [5.41, 5.74) is 1.81. The van der Waals surface area contributed by atoms with E-state index in [9.17, 15) is 9.59 Å². The van der Waals surface area contributed by atoms with Gasteiger partial charge in [0.15, 0.2) is 5.65 Å².